The van der Waals surface area contributed by atoms with Gasteiger partial charge in [-0.2, -0.15) is 0 Å². The first kappa shape index (κ1) is 32.1. The molecule has 4 nitrogen and oxygen atoms in total. The summed E-state index contributed by atoms with van der Waals surface area (Å²) in [5.41, 5.74) is 0. The van der Waals surface area contributed by atoms with Crippen molar-refractivity contribution in [1.29, 1.82) is 0 Å². The molecule has 29 heavy (non-hydrogen) atoms. The smallest absolute Gasteiger partial charge is 0.748 e. The summed E-state index contributed by atoms with van der Waals surface area (Å²) in [7, 11) is -4.13. The molecule has 0 amide bonds. The Hall–Kier alpha value is 0.870. The van der Waals surface area contributed by atoms with Crippen molar-refractivity contribution in [3.63, 3.8) is 0 Å². The predicted molar refractivity (Wildman–Crippen MR) is 119 cm³/mol. The van der Waals surface area contributed by atoms with E-state index in [9.17, 15) is 18.1 Å². The Morgan fingerprint density at radius 3 is 1.31 bits per heavy atom. The van der Waals surface area contributed by atoms with E-state index < -0.39 is 15.4 Å². The zero-order valence-corrected chi connectivity index (χ0v) is 22.5. The maximum atomic E-state index is 10.8. The normalized spacial score (nSPS) is 13.8. The van der Waals surface area contributed by atoms with E-state index in [1.807, 2.05) is 0 Å². The molecule has 2 atom stereocenters. The summed E-state index contributed by atoms with van der Waals surface area (Å²) in [4.78, 5) is 0. The third-order valence-corrected chi connectivity index (χ3v) is 7.00. The summed E-state index contributed by atoms with van der Waals surface area (Å²) in [6.07, 6.45) is 21.8. The number of aliphatic hydroxyl groups is 1. The van der Waals surface area contributed by atoms with Crippen LogP contribution in [0.3, 0.4) is 0 Å². The van der Waals surface area contributed by atoms with Gasteiger partial charge in [0, 0.05) is 5.25 Å². The second-order valence-corrected chi connectivity index (χ2v) is 10.4. The van der Waals surface area contributed by atoms with Crippen LogP contribution in [0.1, 0.15) is 136 Å². The second kappa shape index (κ2) is 22.1. The van der Waals surface area contributed by atoms with E-state index in [4.69, 9.17) is 0 Å². The quantitative estimate of drug-likeness (QED) is 0.167. The molecule has 0 bridgehead atoms. The van der Waals surface area contributed by atoms with E-state index >= 15 is 0 Å². The Labute approximate surface area is 204 Å². The van der Waals surface area contributed by atoms with Crippen LogP contribution in [0.4, 0.5) is 0 Å². The van der Waals surface area contributed by atoms with E-state index in [-0.39, 0.29) is 35.7 Å². The Kier molecular flexibility index (Phi) is 24.4. The van der Waals surface area contributed by atoms with E-state index in [1.54, 1.807) is 0 Å². The van der Waals surface area contributed by atoms with E-state index in [1.165, 1.54) is 77.6 Å². The fourth-order valence-corrected chi connectivity index (χ4v) is 4.13. The van der Waals surface area contributed by atoms with E-state index in [2.05, 4.69) is 6.92 Å². The molecule has 170 valence electrons. The molecule has 6 heteroatoms. The van der Waals surface area contributed by atoms with Gasteiger partial charge in [0.2, 0.25) is 0 Å². The molecule has 0 saturated carbocycles. The van der Waals surface area contributed by atoms with Crippen molar-refractivity contribution in [2.45, 2.75) is 147 Å². The van der Waals surface area contributed by atoms with Crippen molar-refractivity contribution in [2.24, 2.45) is 0 Å². The topological polar surface area (TPSA) is 77.4 Å². The Morgan fingerprint density at radius 1 is 0.655 bits per heavy atom. The van der Waals surface area contributed by atoms with Crippen LogP contribution in [0.2, 0.25) is 0 Å². The van der Waals surface area contributed by atoms with E-state index in [0.717, 1.165) is 44.9 Å². The van der Waals surface area contributed by atoms with Crippen LogP contribution in [0.5, 0.6) is 0 Å². The number of hydrogen-bond acceptors (Lipinski definition) is 4. The van der Waals surface area contributed by atoms with Gasteiger partial charge in [0.05, 0.1) is 16.2 Å². The molecule has 0 radical (unpaired) electrons. The molecular formula is C23H47NaO4S. The maximum absolute atomic E-state index is 10.8. The minimum Gasteiger partial charge on any atom is -0.748 e. The van der Waals surface area contributed by atoms with Gasteiger partial charge in [-0.05, 0) is 26.2 Å². The first-order valence-electron chi connectivity index (χ1n) is 12.0. The number of hydrogen-bond donors (Lipinski definition) is 1. The minimum atomic E-state index is -4.13. The molecule has 0 aromatic heterocycles. The monoisotopic (exact) mass is 442 g/mol. The Morgan fingerprint density at radius 2 is 0.966 bits per heavy atom. The van der Waals surface area contributed by atoms with Gasteiger partial charge in [-0.3, -0.25) is 0 Å². The van der Waals surface area contributed by atoms with Crippen LogP contribution >= 0.6 is 0 Å². The summed E-state index contributed by atoms with van der Waals surface area (Å²) >= 11 is 0. The minimum absolute atomic E-state index is 0. The third kappa shape index (κ3) is 23.4. The van der Waals surface area contributed by atoms with Gasteiger partial charge in [-0.1, -0.05) is 110 Å². The van der Waals surface area contributed by atoms with Crippen molar-refractivity contribution < 1.29 is 47.6 Å². The van der Waals surface area contributed by atoms with E-state index in [0.29, 0.717) is 6.42 Å². The number of aliphatic hydroxyl groups excluding tert-OH is 1. The summed E-state index contributed by atoms with van der Waals surface area (Å²) in [5, 5.41) is 9.27. The first-order valence-corrected chi connectivity index (χ1v) is 13.5. The van der Waals surface area contributed by atoms with Crippen LogP contribution in [0, 0.1) is 0 Å². The zero-order chi connectivity index (χ0) is 21.1. The van der Waals surface area contributed by atoms with Gasteiger partial charge in [0.1, 0.15) is 0 Å². The molecule has 0 aromatic carbocycles. The maximum Gasteiger partial charge on any atom is 1.00 e. The van der Waals surface area contributed by atoms with Crippen LogP contribution in [-0.4, -0.2) is 29.4 Å². The summed E-state index contributed by atoms with van der Waals surface area (Å²) < 4.78 is 32.4. The average Bonchev–Trinajstić information content (AvgIpc) is 2.64. The van der Waals surface area contributed by atoms with Crippen molar-refractivity contribution in [3.05, 3.63) is 0 Å². The van der Waals surface area contributed by atoms with Crippen molar-refractivity contribution in [1.82, 2.24) is 0 Å². The molecular weight excluding hydrogens is 395 g/mol. The summed E-state index contributed by atoms with van der Waals surface area (Å²) in [6, 6.07) is 0. The largest absolute Gasteiger partial charge is 1.00 e. The molecule has 1 N–H and O–H groups in total. The molecule has 0 rings (SSSR count). The summed E-state index contributed by atoms with van der Waals surface area (Å²) in [6.45, 7) is 3.75. The molecule has 0 aromatic rings. The zero-order valence-electron chi connectivity index (χ0n) is 19.7. The fourth-order valence-electron chi connectivity index (χ4n) is 3.67. The van der Waals surface area contributed by atoms with Crippen molar-refractivity contribution >= 4 is 10.1 Å². The molecule has 0 saturated heterocycles. The first-order chi connectivity index (χ1) is 13.4. The Bertz CT molecular complexity index is 429. The van der Waals surface area contributed by atoms with Gasteiger partial charge in [-0.15, -0.1) is 0 Å². The van der Waals surface area contributed by atoms with Crippen LogP contribution < -0.4 is 29.6 Å². The van der Waals surface area contributed by atoms with Crippen LogP contribution in [0.25, 0.3) is 0 Å². The SMILES string of the molecule is CCCCCCCCCCCCCCC(O)CCCCCCC(C)S(=O)(=O)[O-].[Na+]. The van der Waals surface area contributed by atoms with Gasteiger partial charge in [-0.25, -0.2) is 8.42 Å². The summed E-state index contributed by atoms with van der Waals surface area (Å²) in [5.74, 6) is 0. The Balaban J connectivity index is 0. The van der Waals surface area contributed by atoms with Gasteiger partial charge in [0.25, 0.3) is 0 Å². The molecule has 0 spiro atoms. The molecule has 0 aliphatic rings. The third-order valence-electron chi connectivity index (χ3n) is 5.78. The molecule has 0 heterocycles. The van der Waals surface area contributed by atoms with Crippen LogP contribution in [0.15, 0.2) is 0 Å². The van der Waals surface area contributed by atoms with Gasteiger partial charge >= 0.3 is 29.6 Å². The molecule has 0 aliphatic carbocycles. The molecule has 0 aliphatic heterocycles. The van der Waals surface area contributed by atoms with Crippen molar-refractivity contribution in [2.75, 3.05) is 0 Å². The standard InChI is InChI=1S/C23H48O4S.Na/c1-3-4-5-6-7-8-9-10-11-12-13-17-20-23(24)21-18-15-14-16-19-22(2)28(25,26)27;/h22-24H,3-21H2,1-2H3,(H,25,26,27);/q;+1/p-1. The van der Waals surface area contributed by atoms with Gasteiger partial charge < -0.3 is 9.66 Å². The fraction of sp³-hybridized carbons (Fsp3) is 1.00. The van der Waals surface area contributed by atoms with Crippen LogP contribution in [-0.2, 0) is 10.1 Å². The molecule has 2 unspecified atom stereocenters. The number of rotatable bonds is 21. The van der Waals surface area contributed by atoms with Gasteiger partial charge in [0.15, 0.2) is 0 Å². The van der Waals surface area contributed by atoms with Crippen molar-refractivity contribution in [3.8, 4) is 0 Å². The number of unbranched alkanes of at least 4 members (excludes halogenated alkanes) is 14. The predicted octanol–water partition coefficient (Wildman–Crippen LogP) is 3.72. The molecule has 0 fully saturated rings. The second-order valence-electron chi connectivity index (χ2n) is 8.63. The average molecular weight is 443 g/mol.